The highest BCUT2D eigenvalue weighted by Gasteiger charge is 2.28. The van der Waals surface area contributed by atoms with Gasteiger partial charge in [0.05, 0.1) is 0 Å². The maximum Gasteiger partial charge on any atom is 0.303 e. The van der Waals surface area contributed by atoms with E-state index in [1.54, 1.807) is 11.9 Å². The molecule has 0 atom stereocenters. The number of carboxylic acids is 1. The number of carbonyl (C=O) groups is 2. The molecule has 19 heavy (non-hydrogen) atoms. The van der Waals surface area contributed by atoms with Gasteiger partial charge in [0.25, 0.3) is 0 Å². The number of carbonyl (C=O) groups excluding carboxylic acids is 1. The molecular formula is C15H27NO3. The van der Waals surface area contributed by atoms with Crippen molar-refractivity contribution in [3.8, 4) is 0 Å². The van der Waals surface area contributed by atoms with E-state index in [0.717, 1.165) is 12.8 Å². The Bertz CT molecular complexity index is 315. The molecule has 1 saturated carbocycles. The molecule has 0 aromatic carbocycles. The van der Waals surface area contributed by atoms with Crippen LogP contribution in [0.15, 0.2) is 0 Å². The van der Waals surface area contributed by atoms with E-state index in [4.69, 9.17) is 5.11 Å². The lowest BCUT2D eigenvalue weighted by molar-refractivity contribution is -0.138. The Hall–Kier alpha value is -1.06. The molecule has 1 fully saturated rings. The molecule has 0 spiro atoms. The molecule has 0 heterocycles. The number of aliphatic carboxylic acids is 1. The van der Waals surface area contributed by atoms with Crippen LogP contribution in [-0.4, -0.2) is 35.5 Å². The highest BCUT2D eigenvalue weighted by atomic mass is 16.4. The fraction of sp³-hybridized carbons (Fsp3) is 0.867. The molecule has 4 nitrogen and oxygen atoms in total. The molecule has 4 heteroatoms. The van der Waals surface area contributed by atoms with Crippen molar-refractivity contribution in [3.63, 3.8) is 0 Å². The Kier molecular flexibility index (Phi) is 5.83. The van der Waals surface area contributed by atoms with Crippen LogP contribution in [0.5, 0.6) is 0 Å². The molecule has 1 aliphatic carbocycles. The monoisotopic (exact) mass is 269 g/mol. The van der Waals surface area contributed by atoms with Crippen LogP contribution in [0.25, 0.3) is 0 Å². The zero-order valence-corrected chi connectivity index (χ0v) is 12.4. The first-order chi connectivity index (χ1) is 8.80. The van der Waals surface area contributed by atoms with Crippen molar-refractivity contribution < 1.29 is 14.7 Å². The molecule has 0 aromatic rings. The number of rotatable bonds is 6. The molecule has 0 aromatic heterocycles. The van der Waals surface area contributed by atoms with Gasteiger partial charge < -0.3 is 10.0 Å². The normalized spacial score (nSPS) is 19.1. The molecule has 0 saturated heterocycles. The van der Waals surface area contributed by atoms with Crippen molar-refractivity contribution in [3.05, 3.63) is 0 Å². The van der Waals surface area contributed by atoms with Gasteiger partial charge in [-0.25, -0.2) is 0 Å². The number of carboxylic acid groups (broad SMARTS) is 1. The Morgan fingerprint density at radius 2 is 1.84 bits per heavy atom. The molecule has 110 valence electrons. The van der Waals surface area contributed by atoms with Crippen molar-refractivity contribution in [2.45, 2.75) is 58.8 Å². The van der Waals surface area contributed by atoms with Gasteiger partial charge in [-0.15, -0.1) is 0 Å². The Morgan fingerprint density at radius 1 is 1.26 bits per heavy atom. The van der Waals surface area contributed by atoms with Crippen molar-refractivity contribution in [1.29, 1.82) is 0 Å². The van der Waals surface area contributed by atoms with E-state index < -0.39 is 5.97 Å². The average Bonchev–Trinajstić information content (AvgIpc) is 2.31. The Balaban J connectivity index is 2.25. The summed E-state index contributed by atoms with van der Waals surface area (Å²) in [6.07, 6.45) is 5.98. The topological polar surface area (TPSA) is 57.6 Å². The van der Waals surface area contributed by atoms with Gasteiger partial charge in [0.1, 0.15) is 0 Å². The summed E-state index contributed by atoms with van der Waals surface area (Å²) in [4.78, 5) is 24.1. The molecular weight excluding hydrogens is 242 g/mol. The van der Waals surface area contributed by atoms with Gasteiger partial charge in [-0.3, -0.25) is 9.59 Å². The SMILES string of the molecule is CN(CCCC(=O)O)C(=O)CC1CCC(C)(C)CC1. The molecule has 0 radical (unpaired) electrons. The van der Waals surface area contributed by atoms with Crippen LogP contribution in [0.1, 0.15) is 58.8 Å². The zero-order valence-electron chi connectivity index (χ0n) is 12.4. The first-order valence-corrected chi connectivity index (χ1v) is 7.26. The van der Waals surface area contributed by atoms with Gasteiger partial charge in [-0.2, -0.15) is 0 Å². The van der Waals surface area contributed by atoms with Crippen LogP contribution in [0.4, 0.5) is 0 Å². The molecule has 1 N–H and O–H groups in total. The van der Waals surface area contributed by atoms with Crippen molar-refractivity contribution in [1.82, 2.24) is 4.90 Å². The van der Waals surface area contributed by atoms with E-state index in [-0.39, 0.29) is 12.3 Å². The van der Waals surface area contributed by atoms with E-state index in [9.17, 15) is 9.59 Å². The standard InChI is InChI=1S/C15H27NO3/c1-15(2)8-6-12(7-9-15)11-13(17)16(3)10-4-5-14(18)19/h12H,4-11H2,1-3H3,(H,18,19). The summed E-state index contributed by atoms with van der Waals surface area (Å²) in [7, 11) is 1.77. The molecule has 1 amide bonds. The Labute approximate surface area is 116 Å². The van der Waals surface area contributed by atoms with E-state index >= 15 is 0 Å². The van der Waals surface area contributed by atoms with E-state index in [0.29, 0.717) is 30.7 Å². The number of hydrogen-bond donors (Lipinski definition) is 1. The third kappa shape index (κ3) is 6.08. The summed E-state index contributed by atoms with van der Waals surface area (Å²) >= 11 is 0. The number of amides is 1. The molecule has 0 unspecified atom stereocenters. The quantitative estimate of drug-likeness (QED) is 0.806. The second-order valence-electron chi connectivity index (χ2n) is 6.62. The molecule has 0 bridgehead atoms. The second kappa shape index (κ2) is 6.92. The lowest BCUT2D eigenvalue weighted by atomic mass is 9.72. The van der Waals surface area contributed by atoms with Gasteiger partial charge >= 0.3 is 5.97 Å². The fourth-order valence-corrected chi connectivity index (χ4v) is 2.66. The highest BCUT2D eigenvalue weighted by molar-refractivity contribution is 5.76. The van der Waals surface area contributed by atoms with Crippen molar-refractivity contribution in [2.24, 2.45) is 11.3 Å². The summed E-state index contributed by atoms with van der Waals surface area (Å²) in [5, 5.41) is 8.57. The number of hydrogen-bond acceptors (Lipinski definition) is 2. The number of nitrogens with zero attached hydrogens (tertiary/aromatic N) is 1. The minimum atomic E-state index is -0.796. The smallest absolute Gasteiger partial charge is 0.303 e. The van der Waals surface area contributed by atoms with Gasteiger partial charge in [-0.1, -0.05) is 13.8 Å². The first kappa shape index (κ1) is 16.0. The van der Waals surface area contributed by atoms with Crippen molar-refractivity contribution in [2.75, 3.05) is 13.6 Å². The third-order valence-corrected chi connectivity index (χ3v) is 4.23. The van der Waals surface area contributed by atoms with Crippen LogP contribution in [0.3, 0.4) is 0 Å². The summed E-state index contributed by atoms with van der Waals surface area (Å²) in [6, 6.07) is 0. The van der Waals surface area contributed by atoms with E-state index in [1.807, 2.05) is 0 Å². The van der Waals surface area contributed by atoms with Gasteiger partial charge in [0.15, 0.2) is 0 Å². The fourth-order valence-electron chi connectivity index (χ4n) is 2.66. The maximum absolute atomic E-state index is 12.0. The van der Waals surface area contributed by atoms with Crippen LogP contribution in [0, 0.1) is 11.3 Å². The molecule has 0 aliphatic heterocycles. The summed E-state index contributed by atoms with van der Waals surface area (Å²) in [5.74, 6) is -0.118. The van der Waals surface area contributed by atoms with Crippen LogP contribution in [0.2, 0.25) is 0 Å². The third-order valence-electron chi connectivity index (χ3n) is 4.23. The Morgan fingerprint density at radius 3 is 2.37 bits per heavy atom. The van der Waals surface area contributed by atoms with Gasteiger partial charge in [0.2, 0.25) is 5.91 Å². The second-order valence-corrected chi connectivity index (χ2v) is 6.62. The van der Waals surface area contributed by atoms with E-state index in [1.165, 1.54) is 12.8 Å². The van der Waals surface area contributed by atoms with Crippen LogP contribution in [-0.2, 0) is 9.59 Å². The van der Waals surface area contributed by atoms with Crippen LogP contribution >= 0.6 is 0 Å². The summed E-state index contributed by atoms with van der Waals surface area (Å²) in [5.41, 5.74) is 0.437. The lowest BCUT2D eigenvalue weighted by Gasteiger charge is -2.34. The first-order valence-electron chi connectivity index (χ1n) is 7.26. The largest absolute Gasteiger partial charge is 0.481 e. The minimum Gasteiger partial charge on any atom is -0.481 e. The van der Waals surface area contributed by atoms with E-state index in [2.05, 4.69) is 13.8 Å². The molecule has 1 aliphatic rings. The molecule has 1 rings (SSSR count). The predicted molar refractivity (Wildman–Crippen MR) is 74.9 cm³/mol. The lowest BCUT2D eigenvalue weighted by Crippen LogP contribution is -2.31. The van der Waals surface area contributed by atoms with Gasteiger partial charge in [0, 0.05) is 26.4 Å². The van der Waals surface area contributed by atoms with Gasteiger partial charge in [-0.05, 0) is 43.4 Å². The van der Waals surface area contributed by atoms with Crippen molar-refractivity contribution >= 4 is 11.9 Å². The average molecular weight is 269 g/mol. The summed E-state index contributed by atoms with van der Waals surface area (Å²) in [6.45, 7) is 5.13. The summed E-state index contributed by atoms with van der Waals surface area (Å²) < 4.78 is 0. The zero-order chi connectivity index (χ0) is 14.5. The minimum absolute atomic E-state index is 0.134. The highest BCUT2D eigenvalue weighted by Crippen LogP contribution is 2.39. The predicted octanol–water partition coefficient (Wildman–Crippen LogP) is 2.92. The van der Waals surface area contributed by atoms with Crippen LogP contribution < -0.4 is 0 Å². The maximum atomic E-state index is 12.0.